The molecule has 4 aliphatic rings. The molecule has 4 rings (SSSR count). The molecular weight excluding hydrogens is 404 g/mol. The smallest absolute Gasteiger partial charge is 0.303 e. The lowest BCUT2D eigenvalue weighted by atomic mass is 9.46. The fraction of sp³-hybridized carbons (Fsp3) is 0.815. The number of hydrogen-bond donors (Lipinski definition) is 1. The average molecular weight is 445 g/mol. The molecule has 0 aromatic heterocycles. The predicted molar refractivity (Wildman–Crippen MR) is 122 cm³/mol. The number of carboxylic acids is 1. The first-order valence-corrected chi connectivity index (χ1v) is 12.8. The minimum atomic E-state index is -0.754. The van der Waals surface area contributed by atoms with Gasteiger partial charge in [0.15, 0.2) is 11.6 Å². The minimum absolute atomic E-state index is 0.0885. The Labute approximate surface area is 192 Å². The summed E-state index contributed by atoms with van der Waals surface area (Å²) in [6, 6.07) is 0. The van der Waals surface area contributed by atoms with Crippen molar-refractivity contribution in [1.82, 2.24) is 0 Å². The van der Waals surface area contributed by atoms with E-state index in [9.17, 15) is 14.4 Å². The number of ketones is 2. The molecule has 6 atom stereocenters. The zero-order valence-electron chi connectivity index (χ0n) is 19.9. The molecule has 0 unspecified atom stereocenters. The summed E-state index contributed by atoms with van der Waals surface area (Å²) < 4.78 is 5.71. The highest BCUT2D eigenvalue weighted by Crippen LogP contribution is 2.66. The number of unbranched alkanes of at least 4 members (excludes halogenated alkanes) is 2. The molecule has 0 saturated heterocycles. The Morgan fingerprint density at radius 2 is 1.84 bits per heavy atom. The van der Waals surface area contributed by atoms with Crippen molar-refractivity contribution in [3.63, 3.8) is 0 Å². The largest absolute Gasteiger partial charge is 0.481 e. The third kappa shape index (κ3) is 4.34. The molecule has 5 nitrogen and oxygen atoms in total. The first kappa shape index (κ1) is 23.7. The number of rotatable bonds is 9. The second-order valence-electron chi connectivity index (χ2n) is 11.4. The Morgan fingerprint density at radius 3 is 2.62 bits per heavy atom. The highest BCUT2D eigenvalue weighted by atomic mass is 16.5. The topological polar surface area (TPSA) is 80.7 Å². The van der Waals surface area contributed by atoms with Gasteiger partial charge in [-0.3, -0.25) is 14.4 Å². The molecule has 0 aromatic carbocycles. The Morgan fingerprint density at radius 1 is 1.03 bits per heavy atom. The van der Waals surface area contributed by atoms with Crippen molar-refractivity contribution in [1.29, 1.82) is 0 Å². The first-order valence-electron chi connectivity index (χ1n) is 12.8. The molecule has 0 heterocycles. The molecule has 5 heteroatoms. The van der Waals surface area contributed by atoms with Crippen LogP contribution in [0.25, 0.3) is 0 Å². The lowest BCUT2D eigenvalue weighted by Gasteiger charge is -2.58. The van der Waals surface area contributed by atoms with Crippen molar-refractivity contribution in [2.24, 2.45) is 34.5 Å². The van der Waals surface area contributed by atoms with Gasteiger partial charge in [0.2, 0.25) is 0 Å². The molecule has 0 aliphatic heterocycles. The van der Waals surface area contributed by atoms with Crippen LogP contribution >= 0.6 is 0 Å². The van der Waals surface area contributed by atoms with Gasteiger partial charge in [0.25, 0.3) is 0 Å². The lowest BCUT2D eigenvalue weighted by Crippen LogP contribution is -2.51. The fourth-order valence-electron chi connectivity index (χ4n) is 8.02. The number of allylic oxidation sites excluding steroid dienone is 1. The molecule has 0 radical (unpaired) electrons. The molecule has 3 saturated carbocycles. The van der Waals surface area contributed by atoms with E-state index in [0.717, 1.165) is 44.9 Å². The number of hydrogen-bond acceptors (Lipinski definition) is 4. The summed E-state index contributed by atoms with van der Waals surface area (Å²) in [4.78, 5) is 35.7. The molecule has 0 amide bonds. The van der Waals surface area contributed by atoms with Gasteiger partial charge >= 0.3 is 5.97 Å². The summed E-state index contributed by atoms with van der Waals surface area (Å²) in [6.07, 6.45) is 12.8. The maximum atomic E-state index is 13.1. The van der Waals surface area contributed by atoms with E-state index in [1.54, 1.807) is 0 Å². The lowest BCUT2D eigenvalue weighted by molar-refractivity contribution is -0.137. The fourth-order valence-corrected chi connectivity index (χ4v) is 8.02. The zero-order chi connectivity index (χ0) is 22.9. The molecule has 178 valence electrons. The molecular formula is C27H40O5. The van der Waals surface area contributed by atoms with Crippen LogP contribution in [0.4, 0.5) is 0 Å². The summed E-state index contributed by atoms with van der Waals surface area (Å²) >= 11 is 0. The second kappa shape index (κ2) is 9.40. The van der Waals surface area contributed by atoms with Crippen LogP contribution in [0.1, 0.15) is 90.9 Å². The maximum Gasteiger partial charge on any atom is 0.303 e. The van der Waals surface area contributed by atoms with Crippen molar-refractivity contribution in [2.75, 3.05) is 13.2 Å². The summed E-state index contributed by atoms with van der Waals surface area (Å²) in [5.41, 5.74) is 1.68. The zero-order valence-corrected chi connectivity index (χ0v) is 19.9. The number of carbonyl (C=O) groups is 3. The monoisotopic (exact) mass is 444 g/mol. The molecule has 0 spiro atoms. The quantitative estimate of drug-likeness (QED) is 0.484. The van der Waals surface area contributed by atoms with Gasteiger partial charge < -0.3 is 9.84 Å². The third-order valence-corrected chi connectivity index (χ3v) is 9.77. The molecule has 32 heavy (non-hydrogen) atoms. The van der Waals surface area contributed by atoms with E-state index in [0.29, 0.717) is 43.0 Å². The van der Waals surface area contributed by atoms with Crippen LogP contribution in [0, 0.1) is 34.5 Å². The SMILES string of the molecule is C[C@]12CC[C@H]3[C@@H](CCC4=CC(=O)CC[C@@]43C)[C@@H]1CC[C@@H]2C(=O)COCCCCCC(=O)O. The maximum absolute atomic E-state index is 13.1. The van der Waals surface area contributed by atoms with E-state index in [-0.39, 0.29) is 35.6 Å². The summed E-state index contributed by atoms with van der Waals surface area (Å²) in [5.74, 6) is 1.88. The van der Waals surface area contributed by atoms with Gasteiger partial charge in [-0.25, -0.2) is 0 Å². The Kier molecular flexibility index (Phi) is 6.95. The van der Waals surface area contributed by atoms with Crippen LogP contribution in [-0.4, -0.2) is 35.9 Å². The van der Waals surface area contributed by atoms with E-state index in [2.05, 4.69) is 13.8 Å². The highest BCUT2D eigenvalue weighted by molar-refractivity contribution is 5.91. The van der Waals surface area contributed by atoms with Crippen molar-refractivity contribution in [2.45, 2.75) is 90.9 Å². The summed E-state index contributed by atoms with van der Waals surface area (Å²) in [6.45, 7) is 5.52. The Bertz CT molecular complexity index is 785. The number of fused-ring (bicyclic) bond motifs is 5. The van der Waals surface area contributed by atoms with E-state index in [4.69, 9.17) is 9.84 Å². The van der Waals surface area contributed by atoms with Gasteiger partial charge in [-0.2, -0.15) is 0 Å². The van der Waals surface area contributed by atoms with Crippen LogP contribution in [0.15, 0.2) is 11.6 Å². The molecule has 1 N–H and O–H groups in total. The first-order chi connectivity index (χ1) is 15.3. The number of carbonyl (C=O) groups excluding carboxylic acids is 2. The average Bonchev–Trinajstić information content (AvgIpc) is 3.10. The van der Waals surface area contributed by atoms with Crippen LogP contribution in [-0.2, 0) is 19.1 Å². The van der Waals surface area contributed by atoms with E-state index in [1.165, 1.54) is 18.4 Å². The van der Waals surface area contributed by atoms with E-state index in [1.807, 2.05) is 6.08 Å². The van der Waals surface area contributed by atoms with Crippen molar-refractivity contribution >= 4 is 17.5 Å². The van der Waals surface area contributed by atoms with Gasteiger partial charge in [-0.1, -0.05) is 25.8 Å². The van der Waals surface area contributed by atoms with Crippen molar-refractivity contribution < 1.29 is 24.2 Å². The number of ether oxygens (including phenoxy) is 1. The van der Waals surface area contributed by atoms with Gasteiger partial charge in [-0.05, 0) is 92.4 Å². The molecule has 0 bridgehead atoms. The standard InChI is InChI=1S/C27H40O5/c1-26-13-11-19(28)16-18(26)7-8-20-21-9-10-23(27(21,2)14-12-22(20)26)24(29)17-32-15-5-3-4-6-25(30)31/h16,20-23H,3-15,17H2,1-2H3,(H,30,31)/t20-,21-,22-,23+,26-,27-/m0/s1. The van der Waals surface area contributed by atoms with Crippen molar-refractivity contribution in [3.05, 3.63) is 11.6 Å². The second-order valence-corrected chi connectivity index (χ2v) is 11.4. The summed E-state index contributed by atoms with van der Waals surface area (Å²) in [7, 11) is 0. The normalized spacial score (nSPS) is 38.4. The molecule has 3 fully saturated rings. The highest BCUT2D eigenvalue weighted by Gasteiger charge is 2.59. The Hall–Kier alpha value is -1.49. The van der Waals surface area contributed by atoms with Gasteiger partial charge in [-0.15, -0.1) is 0 Å². The summed E-state index contributed by atoms with van der Waals surface area (Å²) in [5, 5.41) is 8.69. The predicted octanol–water partition coefficient (Wildman–Crippen LogP) is 5.37. The van der Waals surface area contributed by atoms with Gasteiger partial charge in [0.1, 0.15) is 6.61 Å². The number of carboxylic acid groups (broad SMARTS) is 1. The minimum Gasteiger partial charge on any atom is -0.481 e. The van der Waals surface area contributed by atoms with Crippen LogP contribution < -0.4 is 0 Å². The molecule has 4 aliphatic carbocycles. The van der Waals surface area contributed by atoms with E-state index < -0.39 is 5.97 Å². The van der Waals surface area contributed by atoms with Crippen LogP contribution in [0.2, 0.25) is 0 Å². The van der Waals surface area contributed by atoms with Gasteiger partial charge in [0.05, 0.1) is 0 Å². The Balaban J connectivity index is 1.33. The third-order valence-electron chi connectivity index (χ3n) is 9.77. The number of Topliss-reactive ketones (excluding diaryl/α,β-unsaturated/α-hetero) is 1. The van der Waals surface area contributed by atoms with Gasteiger partial charge in [0, 0.05) is 25.4 Å². The molecule has 0 aromatic rings. The van der Waals surface area contributed by atoms with Crippen LogP contribution in [0.3, 0.4) is 0 Å². The van der Waals surface area contributed by atoms with Crippen LogP contribution in [0.5, 0.6) is 0 Å². The van der Waals surface area contributed by atoms with Crippen molar-refractivity contribution in [3.8, 4) is 0 Å². The number of aliphatic carboxylic acids is 1. The van der Waals surface area contributed by atoms with E-state index >= 15 is 0 Å².